The van der Waals surface area contributed by atoms with E-state index in [-0.39, 0.29) is 12.3 Å². The van der Waals surface area contributed by atoms with E-state index in [9.17, 15) is 4.79 Å². The molecule has 0 aliphatic rings. The molecule has 0 saturated carbocycles. The molecule has 6 heteroatoms. The van der Waals surface area contributed by atoms with E-state index in [1.807, 2.05) is 19.1 Å². The summed E-state index contributed by atoms with van der Waals surface area (Å²) in [6.45, 7) is 1.67. The SMILES string of the molecule is COc1cc2nc(C)ccc2cc1C(=O)CN=[N+]=[N-]. The highest BCUT2D eigenvalue weighted by Crippen LogP contribution is 2.25. The third-order valence-electron chi connectivity index (χ3n) is 2.73. The van der Waals surface area contributed by atoms with E-state index in [2.05, 4.69) is 15.0 Å². The number of Topliss-reactive ketones (excluding diaryl/α,β-unsaturated/α-hetero) is 1. The number of azide groups is 1. The van der Waals surface area contributed by atoms with Crippen molar-refractivity contribution in [3.8, 4) is 5.75 Å². The van der Waals surface area contributed by atoms with Gasteiger partial charge in [0.2, 0.25) is 0 Å². The lowest BCUT2D eigenvalue weighted by Gasteiger charge is -2.08. The Labute approximate surface area is 109 Å². The van der Waals surface area contributed by atoms with Gasteiger partial charge in [-0.25, -0.2) is 0 Å². The Morgan fingerprint density at radius 2 is 2.26 bits per heavy atom. The lowest BCUT2D eigenvalue weighted by Crippen LogP contribution is -2.05. The number of aryl methyl sites for hydroxylation is 1. The monoisotopic (exact) mass is 256 g/mol. The largest absolute Gasteiger partial charge is 0.496 e. The van der Waals surface area contributed by atoms with Gasteiger partial charge >= 0.3 is 0 Å². The molecule has 19 heavy (non-hydrogen) atoms. The summed E-state index contributed by atoms with van der Waals surface area (Å²) in [5.41, 5.74) is 10.3. The average molecular weight is 256 g/mol. The number of carbonyl (C=O) groups excluding carboxylic acids is 1. The van der Waals surface area contributed by atoms with E-state index in [0.717, 1.165) is 16.6 Å². The normalized spacial score (nSPS) is 10.0. The summed E-state index contributed by atoms with van der Waals surface area (Å²) in [5, 5.41) is 4.12. The van der Waals surface area contributed by atoms with Crippen LogP contribution >= 0.6 is 0 Å². The van der Waals surface area contributed by atoms with Crippen molar-refractivity contribution < 1.29 is 9.53 Å². The van der Waals surface area contributed by atoms with Crippen molar-refractivity contribution in [3.63, 3.8) is 0 Å². The molecule has 1 aromatic heterocycles. The summed E-state index contributed by atoms with van der Waals surface area (Å²) in [4.78, 5) is 18.9. The minimum atomic E-state index is -0.280. The summed E-state index contributed by atoms with van der Waals surface area (Å²) < 4.78 is 5.20. The predicted octanol–water partition coefficient (Wildman–Crippen LogP) is 3.04. The van der Waals surface area contributed by atoms with Crippen LogP contribution in [0.5, 0.6) is 5.75 Å². The summed E-state index contributed by atoms with van der Waals surface area (Å²) in [6, 6.07) is 7.18. The van der Waals surface area contributed by atoms with Crippen LogP contribution in [0, 0.1) is 6.92 Å². The summed E-state index contributed by atoms with van der Waals surface area (Å²) in [5.74, 6) is 0.154. The molecule has 0 amide bonds. The molecule has 1 aromatic carbocycles. The van der Waals surface area contributed by atoms with Crippen molar-refractivity contribution in [1.82, 2.24) is 4.98 Å². The molecule has 0 radical (unpaired) electrons. The first kappa shape index (κ1) is 12.9. The Kier molecular flexibility index (Phi) is 3.63. The van der Waals surface area contributed by atoms with Crippen LogP contribution in [0.15, 0.2) is 29.4 Å². The number of carbonyl (C=O) groups is 1. The number of hydrogen-bond acceptors (Lipinski definition) is 4. The number of ether oxygens (including phenoxy) is 1. The predicted molar refractivity (Wildman–Crippen MR) is 71.4 cm³/mol. The van der Waals surface area contributed by atoms with Crippen LogP contribution in [0.3, 0.4) is 0 Å². The Morgan fingerprint density at radius 3 is 2.95 bits per heavy atom. The fraction of sp³-hybridized carbons (Fsp3) is 0.231. The van der Waals surface area contributed by atoms with Gasteiger partial charge in [0.25, 0.3) is 0 Å². The molecule has 1 heterocycles. The highest BCUT2D eigenvalue weighted by Gasteiger charge is 2.13. The molecule has 0 N–H and O–H groups in total. The number of fused-ring (bicyclic) bond motifs is 1. The molecule has 0 aliphatic heterocycles. The number of ketones is 1. The van der Waals surface area contributed by atoms with Crippen LogP contribution in [0.1, 0.15) is 16.1 Å². The maximum absolute atomic E-state index is 11.9. The first-order valence-electron chi connectivity index (χ1n) is 5.65. The van der Waals surface area contributed by atoms with E-state index < -0.39 is 0 Å². The number of hydrogen-bond donors (Lipinski definition) is 0. The fourth-order valence-electron chi connectivity index (χ4n) is 1.82. The Bertz CT molecular complexity index is 690. The van der Waals surface area contributed by atoms with Crippen molar-refractivity contribution >= 4 is 16.7 Å². The van der Waals surface area contributed by atoms with Gasteiger partial charge in [-0.3, -0.25) is 9.78 Å². The van der Waals surface area contributed by atoms with Crippen LogP contribution in [0.25, 0.3) is 21.3 Å². The third-order valence-corrected chi connectivity index (χ3v) is 2.73. The number of aromatic nitrogens is 1. The number of methoxy groups -OCH3 is 1. The maximum Gasteiger partial charge on any atom is 0.172 e. The minimum Gasteiger partial charge on any atom is -0.496 e. The van der Waals surface area contributed by atoms with Gasteiger partial charge in [0.1, 0.15) is 5.75 Å². The third kappa shape index (κ3) is 2.64. The molecule has 0 bridgehead atoms. The summed E-state index contributed by atoms with van der Waals surface area (Å²) in [6.07, 6.45) is 0. The second-order valence-electron chi connectivity index (χ2n) is 4.01. The molecule has 2 rings (SSSR count). The highest BCUT2D eigenvalue weighted by atomic mass is 16.5. The number of rotatable bonds is 4. The van der Waals surface area contributed by atoms with E-state index in [0.29, 0.717) is 11.3 Å². The zero-order valence-electron chi connectivity index (χ0n) is 10.6. The van der Waals surface area contributed by atoms with Crippen LogP contribution in [0.2, 0.25) is 0 Å². The fourth-order valence-corrected chi connectivity index (χ4v) is 1.82. The van der Waals surface area contributed by atoms with Gasteiger partial charge in [-0.1, -0.05) is 11.2 Å². The Hall–Kier alpha value is -2.59. The second-order valence-corrected chi connectivity index (χ2v) is 4.01. The number of pyridine rings is 1. The molecule has 2 aromatic rings. The smallest absolute Gasteiger partial charge is 0.172 e. The van der Waals surface area contributed by atoms with Gasteiger partial charge < -0.3 is 4.74 Å². The maximum atomic E-state index is 11.9. The molecule has 0 unspecified atom stereocenters. The Morgan fingerprint density at radius 1 is 1.47 bits per heavy atom. The van der Waals surface area contributed by atoms with E-state index in [1.54, 1.807) is 12.1 Å². The lowest BCUT2D eigenvalue weighted by molar-refractivity contribution is 0.0999. The minimum absolute atomic E-state index is 0.225. The molecule has 6 nitrogen and oxygen atoms in total. The zero-order valence-corrected chi connectivity index (χ0v) is 10.6. The summed E-state index contributed by atoms with van der Waals surface area (Å²) in [7, 11) is 1.49. The lowest BCUT2D eigenvalue weighted by atomic mass is 10.1. The first-order valence-corrected chi connectivity index (χ1v) is 5.65. The molecular formula is C13H12N4O2. The second kappa shape index (κ2) is 5.37. The van der Waals surface area contributed by atoms with Gasteiger partial charge in [0.15, 0.2) is 5.78 Å². The molecule has 0 aliphatic carbocycles. The number of nitrogens with zero attached hydrogens (tertiary/aromatic N) is 4. The van der Waals surface area contributed by atoms with Crippen LogP contribution < -0.4 is 4.74 Å². The van der Waals surface area contributed by atoms with Crippen molar-refractivity contribution in [2.45, 2.75) is 6.92 Å². The van der Waals surface area contributed by atoms with E-state index in [1.165, 1.54) is 7.11 Å². The number of benzene rings is 1. The van der Waals surface area contributed by atoms with Crippen molar-refractivity contribution in [3.05, 3.63) is 46.0 Å². The van der Waals surface area contributed by atoms with Crippen LogP contribution in [0.4, 0.5) is 0 Å². The van der Waals surface area contributed by atoms with Gasteiger partial charge in [-0.05, 0) is 24.6 Å². The molecular weight excluding hydrogens is 244 g/mol. The van der Waals surface area contributed by atoms with Gasteiger partial charge in [-0.2, -0.15) is 0 Å². The van der Waals surface area contributed by atoms with Crippen molar-refractivity contribution in [2.75, 3.05) is 13.7 Å². The zero-order chi connectivity index (χ0) is 13.8. The van der Waals surface area contributed by atoms with Gasteiger partial charge in [0.05, 0.1) is 24.7 Å². The molecule has 0 saturated heterocycles. The molecule has 0 fully saturated rings. The van der Waals surface area contributed by atoms with Gasteiger partial charge in [-0.15, -0.1) is 0 Å². The van der Waals surface area contributed by atoms with E-state index in [4.69, 9.17) is 10.3 Å². The van der Waals surface area contributed by atoms with Crippen LogP contribution in [-0.4, -0.2) is 24.4 Å². The molecule has 0 atom stereocenters. The molecule has 96 valence electrons. The Balaban J connectivity index is 2.56. The highest BCUT2D eigenvalue weighted by molar-refractivity contribution is 6.03. The van der Waals surface area contributed by atoms with E-state index >= 15 is 0 Å². The topological polar surface area (TPSA) is 88.0 Å². The quantitative estimate of drug-likeness (QED) is 0.364. The van der Waals surface area contributed by atoms with Crippen molar-refractivity contribution in [2.24, 2.45) is 5.11 Å². The van der Waals surface area contributed by atoms with Gasteiger partial charge in [0, 0.05) is 22.1 Å². The van der Waals surface area contributed by atoms with Crippen LogP contribution in [-0.2, 0) is 0 Å². The molecule has 0 spiro atoms. The average Bonchev–Trinajstić information content (AvgIpc) is 2.43. The standard InChI is InChI=1S/C13H12N4O2/c1-8-3-4-9-5-10(12(18)7-15-17-14)13(19-2)6-11(9)16-8/h3-6H,7H2,1-2H3. The van der Waals surface area contributed by atoms with Crippen molar-refractivity contribution in [1.29, 1.82) is 0 Å². The first-order chi connectivity index (χ1) is 9.15. The summed E-state index contributed by atoms with van der Waals surface area (Å²) >= 11 is 0.